The fourth-order valence-corrected chi connectivity index (χ4v) is 11.7. The second kappa shape index (κ2) is 24.5. The maximum atomic E-state index is 7.67. The molecule has 0 heterocycles. The molecule has 0 fully saturated rings. The summed E-state index contributed by atoms with van der Waals surface area (Å²) in [6.07, 6.45) is 34.7. The lowest BCUT2D eigenvalue weighted by Crippen LogP contribution is -2.67. The summed E-state index contributed by atoms with van der Waals surface area (Å²) in [5, 5.41) is 2.87. The first-order chi connectivity index (χ1) is 22.0. The predicted molar refractivity (Wildman–Crippen MR) is 205 cm³/mol. The minimum absolute atomic E-state index is 0.0393. The summed E-state index contributed by atoms with van der Waals surface area (Å²) in [5.74, 6) is 0. The van der Waals surface area contributed by atoms with Crippen molar-refractivity contribution in [3.63, 3.8) is 0 Å². The molecule has 0 N–H and O–H groups in total. The zero-order chi connectivity index (χ0) is 32.5. The van der Waals surface area contributed by atoms with Crippen LogP contribution in [0.25, 0.3) is 0 Å². The third-order valence-corrected chi connectivity index (χ3v) is 14.8. The van der Waals surface area contributed by atoms with Gasteiger partial charge >= 0.3 is 0 Å². The van der Waals surface area contributed by atoms with Crippen LogP contribution in [0.5, 0.6) is 0 Å². The second-order valence-electron chi connectivity index (χ2n) is 14.7. The zero-order valence-corrected chi connectivity index (χ0v) is 31.5. The van der Waals surface area contributed by atoms with Gasteiger partial charge in [-0.1, -0.05) is 210 Å². The van der Waals surface area contributed by atoms with Crippen LogP contribution in [0, 0.1) is 0 Å². The molecule has 0 aliphatic heterocycles. The van der Waals surface area contributed by atoms with Crippen molar-refractivity contribution in [2.24, 2.45) is 0 Å². The van der Waals surface area contributed by atoms with Crippen molar-refractivity contribution < 1.29 is 4.43 Å². The number of unbranched alkanes of at least 4 members (excludes halogenated alkanes) is 17. The van der Waals surface area contributed by atoms with E-state index in [1.54, 1.807) is 0 Å². The fraction of sp³-hybridized carbons (Fsp3) is 0.674. The quantitative estimate of drug-likeness (QED) is 0.0541. The number of hydrogen-bond donors (Lipinski definition) is 0. The fourth-order valence-electron chi connectivity index (χ4n) is 6.98. The molecule has 0 spiro atoms. The van der Waals surface area contributed by atoms with Crippen LogP contribution in [-0.4, -0.2) is 14.4 Å². The van der Waals surface area contributed by atoms with Crippen LogP contribution in [0.4, 0.5) is 0 Å². The van der Waals surface area contributed by atoms with Crippen molar-refractivity contribution in [2.75, 3.05) is 0 Å². The van der Waals surface area contributed by atoms with Gasteiger partial charge in [0, 0.05) is 6.10 Å². The predicted octanol–water partition coefficient (Wildman–Crippen LogP) is 13.1. The third kappa shape index (κ3) is 15.7. The lowest BCUT2D eigenvalue weighted by molar-refractivity contribution is 0.160. The van der Waals surface area contributed by atoms with E-state index in [1.165, 1.54) is 152 Å². The lowest BCUT2D eigenvalue weighted by Gasteiger charge is -2.45. The van der Waals surface area contributed by atoms with E-state index >= 15 is 0 Å². The molecule has 0 aromatic heterocycles. The lowest BCUT2D eigenvalue weighted by atomic mass is 10.0. The smallest absolute Gasteiger partial charge is 0.261 e. The average Bonchev–Trinajstić information content (AvgIpc) is 3.04. The highest BCUT2D eigenvalue weighted by Gasteiger charge is 2.51. The average molecular weight is 633 g/mol. The molecule has 0 saturated carbocycles. The van der Waals surface area contributed by atoms with Crippen LogP contribution >= 0.6 is 0 Å². The Morgan fingerprint density at radius 3 is 1.24 bits per heavy atom. The first-order valence-electron chi connectivity index (χ1n) is 19.4. The highest BCUT2D eigenvalue weighted by Crippen LogP contribution is 2.38. The van der Waals surface area contributed by atoms with Crippen molar-refractivity contribution in [3.8, 4) is 0 Å². The Hall–Kier alpha value is -1.64. The van der Waals surface area contributed by atoms with Crippen molar-refractivity contribution in [1.29, 1.82) is 0 Å². The van der Waals surface area contributed by atoms with Gasteiger partial charge in [-0.3, -0.25) is 0 Å². The van der Waals surface area contributed by atoms with Crippen LogP contribution in [0.15, 0.2) is 72.8 Å². The summed E-state index contributed by atoms with van der Waals surface area (Å²) in [6, 6.07) is 22.5. The van der Waals surface area contributed by atoms with Crippen molar-refractivity contribution >= 4 is 18.7 Å². The van der Waals surface area contributed by atoms with E-state index in [2.05, 4.69) is 107 Å². The molecular formula is C43H72OSi. The van der Waals surface area contributed by atoms with Crippen molar-refractivity contribution in [3.05, 3.63) is 72.8 Å². The zero-order valence-electron chi connectivity index (χ0n) is 30.5. The van der Waals surface area contributed by atoms with Crippen LogP contribution in [0.2, 0.25) is 5.04 Å². The Balaban J connectivity index is 1.94. The first kappa shape index (κ1) is 39.5. The molecule has 2 rings (SSSR count). The molecule has 0 amide bonds. The third-order valence-electron chi connectivity index (χ3n) is 9.68. The summed E-state index contributed by atoms with van der Waals surface area (Å²) >= 11 is 0. The molecule has 0 saturated heterocycles. The summed E-state index contributed by atoms with van der Waals surface area (Å²) < 4.78 is 7.67. The first-order valence-corrected chi connectivity index (χ1v) is 21.3. The van der Waals surface area contributed by atoms with Gasteiger partial charge in [-0.2, -0.15) is 0 Å². The van der Waals surface area contributed by atoms with Gasteiger partial charge in [-0.15, -0.1) is 0 Å². The van der Waals surface area contributed by atoms with E-state index in [4.69, 9.17) is 4.43 Å². The molecule has 0 aliphatic rings. The molecule has 1 unspecified atom stereocenters. The van der Waals surface area contributed by atoms with E-state index in [-0.39, 0.29) is 5.04 Å². The molecule has 1 nitrogen and oxygen atoms in total. The number of allylic oxidation sites excluding steroid dienone is 2. The van der Waals surface area contributed by atoms with Gasteiger partial charge in [0.25, 0.3) is 8.32 Å². The monoisotopic (exact) mass is 633 g/mol. The van der Waals surface area contributed by atoms with Gasteiger partial charge in [0.1, 0.15) is 0 Å². The summed E-state index contributed by atoms with van der Waals surface area (Å²) in [5.41, 5.74) is 0. The normalized spacial score (nSPS) is 13.1. The van der Waals surface area contributed by atoms with E-state index in [1.807, 2.05) is 0 Å². The van der Waals surface area contributed by atoms with Gasteiger partial charge in [0.15, 0.2) is 0 Å². The van der Waals surface area contributed by atoms with Crippen LogP contribution < -0.4 is 10.4 Å². The van der Waals surface area contributed by atoms with E-state index in [9.17, 15) is 0 Å². The van der Waals surface area contributed by atoms with E-state index in [0.29, 0.717) is 6.10 Å². The number of hydrogen-bond acceptors (Lipinski definition) is 1. The van der Waals surface area contributed by atoms with Crippen LogP contribution in [0.3, 0.4) is 0 Å². The summed E-state index contributed by atoms with van der Waals surface area (Å²) in [7, 11) is -2.51. The van der Waals surface area contributed by atoms with Crippen LogP contribution in [-0.2, 0) is 4.43 Å². The van der Waals surface area contributed by atoms with Gasteiger partial charge < -0.3 is 4.43 Å². The standard InChI is InChI=1S/C43H72OSi/c1-6-8-10-12-14-15-16-17-18-19-20-21-23-25-29-35-40(34-28-24-22-13-11-9-7-2)44-45(43(3,4)5,41-36-30-26-31-37-41)42-38-32-27-33-39-42/h16-17,26-27,30-33,36-40H,6-15,18-25,28-29,34-35H2,1-5H3. The van der Waals surface area contributed by atoms with Gasteiger partial charge in [0.2, 0.25) is 0 Å². The topological polar surface area (TPSA) is 9.23 Å². The largest absolute Gasteiger partial charge is 0.404 e. The van der Waals surface area contributed by atoms with Gasteiger partial charge in [0.05, 0.1) is 0 Å². The Bertz CT molecular complexity index is 921. The van der Waals surface area contributed by atoms with Crippen LogP contribution in [0.1, 0.15) is 176 Å². The Morgan fingerprint density at radius 2 is 0.867 bits per heavy atom. The Labute approximate surface area is 282 Å². The summed E-state index contributed by atoms with van der Waals surface area (Å²) in [4.78, 5) is 0. The minimum atomic E-state index is -2.51. The Kier molecular flexibility index (Phi) is 21.5. The van der Waals surface area contributed by atoms with Gasteiger partial charge in [-0.05, 0) is 53.9 Å². The SMILES string of the molecule is CCCCCCCC=CCCCCCCCCC(CCCCCCCCC)O[Si](c1ccccc1)(c1ccccc1)C(C)(C)C. The van der Waals surface area contributed by atoms with Crippen molar-refractivity contribution in [1.82, 2.24) is 0 Å². The molecule has 254 valence electrons. The highest BCUT2D eigenvalue weighted by atomic mass is 28.4. The number of rotatable bonds is 27. The molecule has 0 radical (unpaired) electrons. The van der Waals surface area contributed by atoms with E-state index < -0.39 is 8.32 Å². The Morgan fingerprint density at radius 1 is 0.511 bits per heavy atom. The molecule has 2 aromatic rings. The van der Waals surface area contributed by atoms with E-state index in [0.717, 1.165) is 0 Å². The molecule has 45 heavy (non-hydrogen) atoms. The molecule has 0 aliphatic carbocycles. The van der Waals surface area contributed by atoms with Gasteiger partial charge in [-0.25, -0.2) is 0 Å². The molecule has 0 bridgehead atoms. The molecular weight excluding hydrogens is 561 g/mol. The highest BCUT2D eigenvalue weighted by molar-refractivity contribution is 6.99. The molecule has 2 heteroatoms. The number of benzene rings is 2. The maximum absolute atomic E-state index is 7.67. The minimum Gasteiger partial charge on any atom is -0.404 e. The second-order valence-corrected chi connectivity index (χ2v) is 18.9. The summed E-state index contributed by atoms with van der Waals surface area (Å²) in [6.45, 7) is 11.9. The maximum Gasteiger partial charge on any atom is 0.261 e. The van der Waals surface area contributed by atoms with Crippen molar-refractivity contribution in [2.45, 2.75) is 187 Å². The molecule has 1 atom stereocenters. The molecule has 2 aromatic carbocycles.